The molecular formula is C43H80N4O4. The highest BCUT2D eigenvalue weighted by Gasteiger charge is 2.67. The van der Waals surface area contributed by atoms with Crippen molar-refractivity contribution in [3.8, 4) is 0 Å². The molecule has 0 aromatic carbocycles. The number of fused-ring (bicyclic) bond motifs is 5. The van der Waals surface area contributed by atoms with Crippen LogP contribution in [-0.2, 0) is 19.0 Å². The van der Waals surface area contributed by atoms with Crippen molar-refractivity contribution in [2.45, 2.75) is 169 Å². The van der Waals surface area contributed by atoms with E-state index in [9.17, 15) is 4.79 Å². The fraction of sp³-hybridized carbons (Fsp3) is 0.930. The summed E-state index contributed by atoms with van der Waals surface area (Å²) in [5.41, 5.74) is 17.9. The lowest BCUT2D eigenvalue weighted by molar-refractivity contribution is -0.153. The average molecular weight is 717 g/mol. The van der Waals surface area contributed by atoms with Gasteiger partial charge >= 0.3 is 0 Å². The van der Waals surface area contributed by atoms with Crippen LogP contribution in [0.5, 0.6) is 0 Å². The maximum atomic E-state index is 13.7. The molecule has 4 aliphatic carbocycles. The predicted molar refractivity (Wildman–Crippen MR) is 210 cm³/mol. The molecule has 0 aromatic heterocycles. The zero-order chi connectivity index (χ0) is 36.9. The number of rotatable bonds is 24. The van der Waals surface area contributed by atoms with Crippen LogP contribution < -0.4 is 17.2 Å². The predicted octanol–water partition coefficient (Wildman–Crippen LogP) is 7.61. The summed E-state index contributed by atoms with van der Waals surface area (Å²) in [5.74, 6) is 5.56. The second-order valence-electron chi connectivity index (χ2n) is 17.3. The van der Waals surface area contributed by atoms with Gasteiger partial charge in [0.2, 0.25) is 5.91 Å². The number of carbonyl (C=O) groups excluding carboxylic acids is 1. The minimum atomic E-state index is 0.0106. The van der Waals surface area contributed by atoms with E-state index in [4.69, 9.17) is 31.4 Å². The van der Waals surface area contributed by atoms with Crippen LogP contribution in [0.4, 0.5) is 0 Å². The molecule has 4 rings (SSSR count). The molecule has 6 N–H and O–H groups in total. The highest BCUT2D eigenvalue weighted by molar-refractivity contribution is 5.76. The molecule has 8 heteroatoms. The number of nitrogens with zero attached hydrogens (tertiary/aromatic N) is 1. The monoisotopic (exact) mass is 717 g/mol. The van der Waals surface area contributed by atoms with E-state index >= 15 is 0 Å². The second-order valence-corrected chi connectivity index (χ2v) is 17.3. The van der Waals surface area contributed by atoms with Crippen molar-refractivity contribution >= 4 is 5.91 Å². The van der Waals surface area contributed by atoms with Gasteiger partial charge in [-0.3, -0.25) is 4.79 Å². The summed E-state index contributed by atoms with van der Waals surface area (Å²) in [4.78, 5) is 15.9. The molecule has 4 saturated carbocycles. The molecule has 4 fully saturated rings. The van der Waals surface area contributed by atoms with E-state index in [-0.39, 0.29) is 29.1 Å². The van der Waals surface area contributed by atoms with E-state index in [0.29, 0.717) is 62.2 Å². The summed E-state index contributed by atoms with van der Waals surface area (Å²) in [5, 5.41) is 0. The summed E-state index contributed by atoms with van der Waals surface area (Å²) >= 11 is 0. The first-order valence-corrected chi connectivity index (χ1v) is 21.6. The van der Waals surface area contributed by atoms with Crippen molar-refractivity contribution in [1.82, 2.24) is 4.90 Å². The molecule has 0 unspecified atom stereocenters. The van der Waals surface area contributed by atoms with Gasteiger partial charge in [0.25, 0.3) is 0 Å². The van der Waals surface area contributed by atoms with Crippen molar-refractivity contribution in [3.05, 3.63) is 11.8 Å². The average Bonchev–Trinajstić information content (AvgIpc) is 3.48. The van der Waals surface area contributed by atoms with Crippen LogP contribution >= 0.6 is 0 Å². The molecule has 296 valence electrons. The summed E-state index contributed by atoms with van der Waals surface area (Å²) in [6, 6.07) is 0. The molecule has 0 aliphatic heterocycles. The van der Waals surface area contributed by atoms with Crippen molar-refractivity contribution in [1.29, 1.82) is 0 Å². The molecule has 0 aromatic rings. The quantitative estimate of drug-likeness (QED) is 0.0879. The van der Waals surface area contributed by atoms with Gasteiger partial charge in [0, 0.05) is 50.7 Å². The Hall–Kier alpha value is -0.770. The lowest BCUT2D eigenvalue weighted by Gasteiger charge is -2.64. The SMILES string of the molecule is CCCCCN(CCCCC)C(=O)CC[C@@H](C)[C@H]1CC[C@H]2[C]3[C@H](OCCCN)C[C]4C[C@H](OCCCN)CC[C@]4(C)[C@H]3C[C@H](OCCCN)[C@]12C. The van der Waals surface area contributed by atoms with Gasteiger partial charge < -0.3 is 36.3 Å². The molecule has 8 nitrogen and oxygen atoms in total. The number of hydrogen-bond acceptors (Lipinski definition) is 7. The van der Waals surface area contributed by atoms with Gasteiger partial charge in [-0.25, -0.2) is 0 Å². The van der Waals surface area contributed by atoms with E-state index in [1.807, 2.05) is 0 Å². The molecule has 2 radical (unpaired) electrons. The lowest BCUT2D eigenvalue weighted by Crippen LogP contribution is -2.62. The maximum absolute atomic E-state index is 13.7. The van der Waals surface area contributed by atoms with Crippen molar-refractivity contribution in [2.24, 2.45) is 51.7 Å². The molecule has 51 heavy (non-hydrogen) atoms. The summed E-state index contributed by atoms with van der Waals surface area (Å²) in [6.07, 6.45) is 19.6. The van der Waals surface area contributed by atoms with Crippen molar-refractivity contribution in [3.63, 3.8) is 0 Å². The molecule has 0 saturated heterocycles. The van der Waals surface area contributed by atoms with E-state index < -0.39 is 0 Å². The van der Waals surface area contributed by atoms with Gasteiger partial charge in [0.15, 0.2) is 0 Å². The third-order valence-electron chi connectivity index (χ3n) is 14.1. The van der Waals surface area contributed by atoms with Crippen LogP contribution in [0.15, 0.2) is 0 Å². The van der Waals surface area contributed by atoms with Gasteiger partial charge in [-0.1, -0.05) is 60.3 Å². The highest BCUT2D eigenvalue weighted by Crippen LogP contribution is 2.70. The summed E-state index contributed by atoms with van der Waals surface area (Å²) in [6.45, 7) is 18.0. The zero-order valence-electron chi connectivity index (χ0n) is 33.7. The fourth-order valence-corrected chi connectivity index (χ4v) is 11.0. The number of hydrogen-bond donors (Lipinski definition) is 3. The maximum Gasteiger partial charge on any atom is 0.222 e. The largest absolute Gasteiger partial charge is 0.378 e. The fourth-order valence-electron chi connectivity index (χ4n) is 11.0. The van der Waals surface area contributed by atoms with Crippen LogP contribution in [0.1, 0.15) is 150 Å². The van der Waals surface area contributed by atoms with Gasteiger partial charge in [0.1, 0.15) is 0 Å². The number of ether oxygens (including phenoxy) is 3. The second kappa shape index (κ2) is 21.4. The standard InChI is InChI=1S/C43H80N4O4/c1-6-8-10-24-47(25-11-9-7-2)40(48)18-15-32(3)35-16-17-36-41-37(31-39(43(35,36)5)51-28-14-23-46)42(4)20-19-34(49-26-12-21-44)29-33(42)30-38(41)50-27-13-22-45/h32,34-39H,6-31,44-46H2,1-5H3/t32-,34-,35-,36+,37+,38-,39+,42+,43-/m1/s1. The van der Waals surface area contributed by atoms with Crippen LogP contribution in [-0.4, -0.2) is 81.7 Å². The number of unbranched alkanes of at least 4 members (excludes halogenated alkanes) is 4. The van der Waals surface area contributed by atoms with Crippen LogP contribution in [0.25, 0.3) is 0 Å². The number of carbonyl (C=O) groups is 1. The van der Waals surface area contributed by atoms with Crippen LogP contribution in [0, 0.1) is 46.3 Å². The Kier molecular flexibility index (Phi) is 18.0. The molecular weight excluding hydrogens is 636 g/mol. The van der Waals surface area contributed by atoms with E-state index in [1.165, 1.54) is 38.5 Å². The van der Waals surface area contributed by atoms with Gasteiger partial charge in [-0.05, 0) is 138 Å². The molecule has 0 spiro atoms. The Balaban J connectivity index is 1.56. The first-order valence-electron chi connectivity index (χ1n) is 21.6. The minimum Gasteiger partial charge on any atom is -0.378 e. The highest BCUT2D eigenvalue weighted by atomic mass is 16.5. The molecule has 1 amide bonds. The first kappa shape index (κ1) is 43.0. The van der Waals surface area contributed by atoms with E-state index in [2.05, 4.69) is 39.5 Å². The Morgan fingerprint density at radius 3 is 2.06 bits per heavy atom. The summed E-state index contributed by atoms with van der Waals surface area (Å²) < 4.78 is 20.3. The van der Waals surface area contributed by atoms with Gasteiger partial charge in [0.05, 0.1) is 18.3 Å². The number of nitrogens with two attached hydrogens (primary N) is 3. The van der Waals surface area contributed by atoms with Crippen molar-refractivity contribution in [2.75, 3.05) is 52.5 Å². The third-order valence-corrected chi connectivity index (χ3v) is 14.1. The Labute approximate surface area is 313 Å². The van der Waals surface area contributed by atoms with Gasteiger partial charge in [-0.15, -0.1) is 0 Å². The summed E-state index contributed by atoms with van der Waals surface area (Å²) in [7, 11) is 0. The third kappa shape index (κ3) is 10.5. The Morgan fingerprint density at radius 2 is 1.43 bits per heavy atom. The topological polar surface area (TPSA) is 126 Å². The van der Waals surface area contributed by atoms with Gasteiger partial charge in [-0.2, -0.15) is 0 Å². The zero-order valence-corrected chi connectivity index (χ0v) is 33.7. The minimum absolute atomic E-state index is 0.0106. The molecule has 9 atom stereocenters. The van der Waals surface area contributed by atoms with E-state index in [1.54, 1.807) is 11.8 Å². The molecule has 0 heterocycles. The van der Waals surface area contributed by atoms with Crippen LogP contribution in [0.2, 0.25) is 0 Å². The normalized spacial score (nSPS) is 33.1. The number of amides is 1. The molecule has 0 bridgehead atoms. The Morgan fingerprint density at radius 1 is 0.804 bits per heavy atom. The Bertz CT molecular complexity index is 991. The molecule has 4 aliphatic rings. The van der Waals surface area contributed by atoms with Crippen LogP contribution in [0.3, 0.4) is 0 Å². The van der Waals surface area contributed by atoms with E-state index in [0.717, 1.165) is 96.9 Å². The smallest absolute Gasteiger partial charge is 0.222 e. The lowest BCUT2D eigenvalue weighted by atomic mass is 9.43. The van der Waals surface area contributed by atoms with Crippen molar-refractivity contribution < 1.29 is 19.0 Å². The first-order chi connectivity index (χ1) is 24.7.